The van der Waals surface area contributed by atoms with Gasteiger partial charge in [-0.3, -0.25) is 9.59 Å². The van der Waals surface area contributed by atoms with Gasteiger partial charge in [-0.15, -0.1) is 0 Å². The highest BCUT2D eigenvalue weighted by Crippen LogP contribution is 2.22. The predicted octanol–water partition coefficient (Wildman–Crippen LogP) is 2.26. The van der Waals surface area contributed by atoms with Crippen LogP contribution in [-0.2, 0) is 16.1 Å². The predicted molar refractivity (Wildman–Crippen MR) is 82.6 cm³/mol. The van der Waals surface area contributed by atoms with Crippen LogP contribution in [-0.4, -0.2) is 29.8 Å². The molecule has 2 amide bonds. The fourth-order valence-electron chi connectivity index (χ4n) is 2.62. The van der Waals surface area contributed by atoms with Crippen LogP contribution in [0.3, 0.4) is 0 Å². The van der Waals surface area contributed by atoms with Crippen LogP contribution in [0.25, 0.3) is 0 Å². The van der Waals surface area contributed by atoms with E-state index in [9.17, 15) is 9.59 Å². The Balaban J connectivity index is 1.98. The number of carbonyl (C=O) groups excluding carboxylic acids is 2. The molecule has 0 unspecified atom stereocenters. The SMILES string of the molecule is Cc1ccccc1CNC(=O)C(C)(C)C(=O)N1CCCC1. The van der Waals surface area contributed by atoms with Gasteiger partial charge < -0.3 is 10.2 Å². The Kier molecular flexibility index (Phi) is 4.66. The Morgan fingerprint density at radius 3 is 2.43 bits per heavy atom. The molecule has 1 aliphatic rings. The summed E-state index contributed by atoms with van der Waals surface area (Å²) < 4.78 is 0. The second-order valence-electron chi connectivity index (χ2n) is 6.23. The van der Waals surface area contributed by atoms with Gasteiger partial charge in [-0.2, -0.15) is 0 Å². The van der Waals surface area contributed by atoms with Crippen LogP contribution in [0.4, 0.5) is 0 Å². The van der Waals surface area contributed by atoms with Crippen LogP contribution >= 0.6 is 0 Å². The lowest BCUT2D eigenvalue weighted by Gasteiger charge is -2.28. The topological polar surface area (TPSA) is 49.4 Å². The lowest BCUT2D eigenvalue weighted by molar-refractivity contribution is -0.147. The van der Waals surface area contributed by atoms with Crippen molar-refractivity contribution in [3.05, 3.63) is 35.4 Å². The molecule has 0 atom stereocenters. The molecule has 0 saturated carbocycles. The molecule has 0 spiro atoms. The van der Waals surface area contributed by atoms with E-state index in [1.165, 1.54) is 0 Å². The van der Waals surface area contributed by atoms with Gasteiger partial charge in [0.25, 0.3) is 0 Å². The summed E-state index contributed by atoms with van der Waals surface area (Å²) in [5.41, 5.74) is 1.21. The minimum Gasteiger partial charge on any atom is -0.351 e. The highest BCUT2D eigenvalue weighted by atomic mass is 16.2. The largest absolute Gasteiger partial charge is 0.351 e. The number of rotatable bonds is 4. The Hall–Kier alpha value is -1.84. The van der Waals surface area contributed by atoms with Crippen molar-refractivity contribution in [2.24, 2.45) is 5.41 Å². The van der Waals surface area contributed by atoms with E-state index >= 15 is 0 Å². The standard InChI is InChI=1S/C17H24N2O2/c1-13-8-4-5-9-14(13)12-18-15(20)17(2,3)16(21)19-10-6-7-11-19/h4-5,8-9H,6-7,10-12H2,1-3H3,(H,18,20). The van der Waals surface area contributed by atoms with E-state index in [-0.39, 0.29) is 11.8 Å². The lowest BCUT2D eigenvalue weighted by Crippen LogP contribution is -2.48. The van der Waals surface area contributed by atoms with Gasteiger partial charge in [-0.05, 0) is 44.7 Å². The van der Waals surface area contributed by atoms with Gasteiger partial charge in [0.1, 0.15) is 5.41 Å². The van der Waals surface area contributed by atoms with Gasteiger partial charge in [0.2, 0.25) is 11.8 Å². The maximum atomic E-state index is 12.5. The van der Waals surface area contributed by atoms with E-state index in [2.05, 4.69) is 5.32 Å². The van der Waals surface area contributed by atoms with Gasteiger partial charge in [-0.1, -0.05) is 24.3 Å². The lowest BCUT2D eigenvalue weighted by atomic mass is 9.90. The average molecular weight is 288 g/mol. The molecule has 1 aromatic carbocycles. The number of aryl methyl sites for hydroxylation is 1. The van der Waals surface area contributed by atoms with Gasteiger partial charge in [0.15, 0.2) is 0 Å². The van der Waals surface area contributed by atoms with Crippen LogP contribution < -0.4 is 5.32 Å². The molecule has 21 heavy (non-hydrogen) atoms. The first-order valence-corrected chi connectivity index (χ1v) is 7.55. The molecular formula is C17H24N2O2. The molecule has 1 aromatic rings. The first-order chi connectivity index (χ1) is 9.93. The molecule has 1 N–H and O–H groups in total. The van der Waals surface area contributed by atoms with Gasteiger partial charge in [0.05, 0.1) is 0 Å². The van der Waals surface area contributed by atoms with Gasteiger partial charge in [0, 0.05) is 19.6 Å². The molecule has 4 heteroatoms. The van der Waals surface area contributed by atoms with Crippen molar-refractivity contribution in [2.45, 2.75) is 40.2 Å². The first-order valence-electron chi connectivity index (χ1n) is 7.55. The molecule has 2 rings (SSSR count). The van der Waals surface area contributed by atoms with Crippen LogP contribution in [0.15, 0.2) is 24.3 Å². The molecule has 1 saturated heterocycles. The number of nitrogens with one attached hydrogen (secondary N) is 1. The van der Waals surface area contributed by atoms with Crippen molar-refractivity contribution >= 4 is 11.8 Å². The Morgan fingerprint density at radius 1 is 1.19 bits per heavy atom. The summed E-state index contributed by atoms with van der Waals surface area (Å²) in [4.78, 5) is 26.6. The normalized spacial score (nSPS) is 15.1. The third-order valence-electron chi connectivity index (χ3n) is 4.20. The molecule has 114 valence electrons. The first kappa shape index (κ1) is 15.5. The van der Waals surface area contributed by atoms with E-state index in [0.717, 1.165) is 37.1 Å². The molecule has 1 aliphatic heterocycles. The molecule has 0 aromatic heterocycles. The quantitative estimate of drug-likeness (QED) is 0.864. The van der Waals surface area contributed by atoms with Crippen LogP contribution in [0.5, 0.6) is 0 Å². The van der Waals surface area contributed by atoms with Crippen molar-refractivity contribution in [3.63, 3.8) is 0 Å². The van der Waals surface area contributed by atoms with Crippen LogP contribution in [0, 0.1) is 12.3 Å². The number of benzene rings is 1. The maximum Gasteiger partial charge on any atom is 0.237 e. The van der Waals surface area contributed by atoms with Crippen molar-refractivity contribution in [2.75, 3.05) is 13.1 Å². The van der Waals surface area contributed by atoms with Crippen molar-refractivity contribution in [3.8, 4) is 0 Å². The summed E-state index contributed by atoms with van der Waals surface area (Å²) in [6.07, 6.45) is 2.07. The van der Waals surface area contributed by atoms with Crippen molar-refractivity contribution in [1.29, 1.82) is 0 Å². The molecule has 0 aliphatic carbocycles. The fourth-order valence-corrected chi connectivity index (χ4v) is 2.62. The van der Waals surface area contributed by atoms with Gasteiger partial charge >= 0.3 is 0 Å². The Morgan fingerprint density at radius 2 is 1.81 bits per heavy atom. The summed E-state index contributed by atoms with van der Waals surface area (Å²) >= 11 is 0. The summed E-state index contributed by atoms with van der Waals surface area (Å²) in [6.45, 7) is 7.44. The number of nitrogens with zero attached hydrogens (tertiary/aromatic N) is 1. The van der Waals surface area contributed by atoms with E-state index in [4.69, 9.17) is 0 Å². The van der Waals surface area contributed by atoms with Crippen LogP contribution in [0.2, 0.25) is 0 Å². The highest BCUT2D eigenvalue weighted by Gasteiger charge is 2.39. The zero-order valence-corrected chi connectivity index (χ0v) is 13.1. The number of likely N-dealkylation sites (tertiary alicyclic amines) is 1. The van der Waals surface area contributed by atoms with Crippen LogP contribution in [0.1, 0.15) is 37.8 Å². The molecule has 0 bridgehead atoms. The number of amides is 2. The second kappa shape index (κ2) is 6.29. The monoisotopic (exact) mass is 288 g/mol. The number of carbonyl (C=O) groups is 2. The molecule has 1 fully saturated rings. The third kappa shape index (κ3) is 3.43. The van der Waals surface area contributed by atoms with E-state index in [0.29, 0.717) is 6.54 Å². The van der Waals surface area contributed by atoms with E-state index < -0.39 is 5.41 Å². The molecule has 4 nitrogen and oxygen atoms in total. The summed E-state index contributed by atoms with van der Waals surface area (Å²) in [6, 6.07) is 7.93. The van der Waals surface area contributed by atoms with E-state index in [1.54, 1.807) is 18.7 Å². The Labute approximate surface area is 126 Å². The minimum absolute atomic E-state index is 0.0673. The number of hydrogen-bond donors (Lipinski definition) is 1. The molecule has 0 radical (unpaired) electrons. The smallest absolute Gasteiger partial charge is 0.237 e. The Bertz CT molecular complexity index is 531. The third-order valence-corrected chi connectivity index (χ3v) is 4.20. The fraction of sp³-hybridized carbons (Fsp3) is 0.529. The maximum absolute atomic E-state index is 12.5. The summed E-state index contributed by atoms with van der Waals surface area (Å²) in [5, 5.41) is 2.90. The van der Waals surface area contributed by atoms with Gasteiger partial charge in [-0.25, -0.2) is 0 Å². The zero-order valence-electron chi connectivity index (χ0n) is 13.1. The van der Waals surface area contributed by atoms with Crippen molar-refractivity contribution < 1.29 is 9.59 Å². The minimum atomic E-state index is -1.01. The molecular weight excluding hydrogens is 264 g/mol. The zero-order chi connectivity index (χ0) is 15.5. The summed E-state index contributed by atoms with van der Waals surface area (Å²) in [5.74, 6) is -0.273. The molecule has 1 heterocycles. The summed E-state index contributed by atoms with van der Waals surface area (Å²) in [7, 11) is 0. The van der Waals surface area contributed by atoms with Crippen molar-refractivity contribution in [1.82, 2.24) is 10.2 Å². The highest BCUT2D eigenvalue weighted by molar-refractivity contribution is 6.04. The number of hydrogen-bond acceptors (Lipinski definition) is 2. The van der Waals surface area contributed by atoms with E-state index in [1.807, 2.05) is 31.2 Å². The average Bonchev–Trinajstić information content (AvgIpc) is 2.99. The second-order valence-corrected chi connectivity index (χ2v) is 6.23.